The van der Waals surface area contributed by atoms with E-state index in [-0.39, 0.29) is 38.4 Å². The minimum atomic E-state index is -2.24. The van der Waals surface area contributed by atoms with Crippen molar-refractivity contribution in [2.24, 2.45) is 0 Å². The van der Waals surface area contributed by atoms with Crippen molar-refractivity contribution in [3.05, 3.63) is 92.6 Å². The Hall–Kier alpha value is -3.46. The van der Waals surface area contributed by atoms with Crippen LogP contribution in [-0.4, -0.2) is 16.8 Å². The number of ether oxygens (including phenoxy) is 1. The zero-order valence-corrected chi connectivity index (χ0v) is 20.8. The molecule has 1 aliphatic carbocycles. The van der Waals surface area contributed by atoms with E-state index in [2.05, 4.69) is 5.32 Å². The first-order valence-electron chi connectivity index (χ1n) is 11.3. The first-order chi connectivity index (χ1) is 17.1. The summed E-state index contributed by atoms with van der Waals surface area (Å²) in [5.41, 5.74) is 5.80. The number of fused-ring (bicyclic) bond motifs is 6. The molecule has 0 saturated heterocycles. The van der Waals surface area contributed by atoms with Gasteiger partial charge in [-0.3, -0.25) is 9.59 Å². The van der Waals surface area contributed by atoms with Gasteiger partial charge in [0.05, 0.1) is 10.6 Å². The predicted octanol–water partition coefficient (Wildman–Crippen LogP) is 5.46. The molecule has 1 aliphatic heterocycles. The molecular weight excluding hydrogens is 503 g/mol. The molecule has 2 heterocycles. The Labute approximate surface area is 214 Å². The Morgan fingerprint density at radius 3 is 2.69 bits per heavy atom. The number of thiophene rings is 1. The summed E-state index contributed by atoms with van der Waals surface area (Å²) in [7, 11) is 0. The Bertz CT molecular complexity index is 1630. The number of amides is 1. The van der Waals surface area contributed by atoms with Gasteiger partial charge in [0.1, 0.15) is 16.4 Å². The van der Waals surface area contributed by atoms with Crippen molar-refractivity contribution >= 4 is 50.4 Å². The van der Waals surface area contributed by atoms with E-state index in [1.54, 1.807) is 30.3 Å². The highest BCUT2D eigenvalue weighted by Gasteiger charge is 2.72. The van der Waals surface area contributed by atoms with Crippen LogP contribution in [0.15, 0.2) is 54.6 Å². The third-order valence-electron chi connectivity index (χ3n) is 6.97. The summed E-state index contributed by atoms with van der Waals surface area (Å²) in [6.45, 7) is 4.02. The van der Waals surface area contributed by atoms with Crippen LogP contribution >= 0.6 is 22.9 Å². The van der Waals surface area contributed by atoms with Crippen molar-refractivity contribution in [2.75, 3.05) is 5.73 Å². The van der Waals surface area contributed by atoms with Crippen LogP contribution < -0.4 is 15.8 Å². The summed E-state index contributed by atoms with van der Waals surface area (Å²) >= 11 is 7.49. The average molecular weight is 523 g/mol. The summed E-state index contributed by atoms with van der Waals surface area (Å²) in [5.74, 6) is -3.55. The van der Waals surface area contributed by atoms with Crippen LogP contribution in [0.2, 0.25) is 5.02 Å². The number of hydrogen-bond acceptors (Lipinski definition) is 6. The van der Waals surface area contributed by atoms with E-state index >= 15 is 0 Å². The molecule has 2 aliphatic rings. The minimum absolute atomic E-state index is 0.0815. The lowest BCUT2D eigenvalue weighted by Crippen LogP contribution is -2.60. The first kappa shape index (κ1) is 23.0. The number of nitrogens with two attached hydrogens (primary N) is 1. The second kappa shape index (κ2) is 7.52. The number of anilines is 1. The van der Waals surface area contributed by atoms with Gasteiger partial charge in [-0.05, 0) is 41.8 Å². The minimum Gasteiger partial charge on any atom is -0.454 e. The molecule has 0 bridgehead atoms. The van der Waals surface area contributed by atoms with E-state index in [4.69, 9.17) is 22.1 Å². The Balaban J connectivity index is 1.55. The number of aliphatic hydroxyl groups is 1. The maximum atomic E-state index is 14.1. The Morgan fingerprint density at radius 2 is 1.94 bits per heavy atom. The van der Waals surface area contributed by atoms with Gasteiger partial charge in [-0.25, -0.2) is 4.39 Å². The fraction of sp³-hybridized carbons (Fsp3) is 0.185. The van der Waals surface area contributed by atoms with E-state index in [1.165, 1.54) is 18.2 Å². The molecule has 0 fully saturated rings. The highest BCUT2D eigenvalue weighted by Crippen LogP contribution is 2.59. The fourth-order valence-electron chi connectivity index (χ4n) is 5.16. The third kappa shape index (κ3) is 2.80. The molecule has 6 rings (SSSR count). The van der Waals surface area contributed by atoms with Crippen LogP contribution in [-0.2, 0) is 11.3 Å². The summed E-state index contributed by atoms with van der Waals surface area (Å²) in [4.78, 5) is 27.8. The fourth-order valence-corrected chi connectivity index (χ4v) is 6.60. The van der Waals surface area contributed by atoms with Gasteiger partial charge < -0.3 is 20.9 Å². The maximum absolute atomic E-state index is 14.1. The van der Waals surface area contributed by atoms with Gasteiger partial charge in [-0.1, -0.05) is 49.7 Å². The van der Waals surface area contributed by atoms with Crippen LogP contribution in [0.5, 0.6) is 5.75 Å². The molecule has 0 saturated carbocycles. The largest absolute Gasteiger partial charge is 0.454 e. The molecule has 1 unspecified atom stereocenters. The molecule has 1 aromatic heterocycles. The molecule has 36 heavy (non-hydrogen) atoms. The predicted molar refractivity (Wildman–Crippen MR) is 136 cm³/mol. The normalized spacial score (nSPS) is 21.9. The number of nitrogens with one attached hydrogen (secondary N) is 1. The Morgan fingerprint density at radius 1 is 1.17 bits per heavy atom. The number of carbonyl (C=O) groups excluding carboxylic acids is 2. The quantitative estimate of drug-likeness (QED) is 0.310. The average Bonchev–Trinajstić information content (AvgIpc) is 3.36. The third-order valence-corrected chi connectivity index (χ3v) is 8.63. The number of rotatable bonds is 3. The lowest BCUT2D eigenvalue weighted by atomic mass is 9.82. The highest BCUT2D eigenvalue weighted by molar-refractivity contribution is 7.21. The van der Waals surface area contributed by atoms with Crippen molar-refractivity contribution in [1.29, 1.82) is 0 Å². The second-order valence-electron chi connectivity index (χ2n) is 9.35. The molecular formula is C27H20ClFN2O4S. The molecule has 9 heteroatoms. The number of nitrogen functional groups attached to an aromatic ring is 1. The lowest BCUT2D eigenvalue weighted by Gasteiger charge is -2.34. The van der Waals surface area contributed by atoms with Crippen molar-refractivity contribution in [1.82, 2.24) is 5.32 Å². The summed E-state index contributed by atoms with van der Waals surface area (Å²) in [6, 6.07) is 14.0. The number of halogens is 2. The van der Waals surface area contributed by atoms with E-state index in [0.29, 0.717) is 15.6 Å². The summed E-state index contributed by atoms with van der Waals surface area (Å²) in [5, 5.41) is 15.4. The number of Topliss-reactive ketones (excluding diaryl/α,β-unsaturated/α-hetero) is 1. The Kier molecular flexibility index (Phi) is 4.80. The molecule has 182 valence electrons. The van der Waals surface area contributed by atoms with Crippen LogP contribution in [0.4, 0.5) is 10.1 Å². The zero-order chi connectivity index (χ0) is 25.6. The zero-order valence-electron chi connectivity index (χ0n) is 19.2. The molecule has 4 N–H and O–H groups in total. The van der Waals surface area contributed by atoms with Crippen LogP contribution in [0.1, 0.15) is 56.5 Å². The van der Waals surface area contributed by atoms with Gasteiger partial charge in [0.25, 0.3) is 11.7 Å². The van der Waals surface area contributed by atoms with Gasteiger partial charge in [0.2, 0.25) is 11.3 Å². The van der Waals surface area contributed by atoms with Crippen molar-refractivity contribution in [3.8, 4) is 5.75 Å². The van der Waals surface area contributed by atoms with Crippen molar-refractivity contribution in [3.63, 3.8) is 0 Å². The van der Waals surface area contributed by atoms with E-state index in [1.807, 2.05) is 19.9 Å². The molecule has 1 amide bonds. The summed E-state index contributed by atoms with van der Waals surface area (Å²) < 4.78 is 20.4. The van der Waals surface area contributed by atoms with Gasteiger partial charge >= 0.3 is 0 Å². The van der Waals surface area contributed by atoms with E-state index in [9.17, 15) is 19.1 Å². The monoisotopic (exact) mass is 522 g/mol. The van der Waals surface area contributed by atoms with Crippen LogP contribution in [0.25, 0.3) is 10.1 Å². The lowest BCUT2D eigenvalue weighted by molar-refractivity contribution is -0.169. The second-order valence-corrected chi connectivity index (χ2v) is 10.8. The van der Waals surface area contributed by atoms with Gasteiger partial charge in [0.15, 0.2) is 0 Å². The molecule has 0 spiro atoms. The van der Waals surface area contributed by atoms with Crippen LogP contribution in [0, 0.1) is 5.82 Å². The van der Waals surface area contributed by atoms with E-state index < -0.39 is 28.8 Å². The number of hydrogen-bond donors (Lipinski definition) is 3. The number of ketones is 1. The van der Waals surface area contributed by atoms with E-state index in [0.717, 1.165) is 16.9 Å². The number of carbonyl (C=O) groups is 2. The molecule has 6 nitrogen and oxygen atoms in total. The standard InChI is InChI=1S/C27H20ClFN2O4S/c1-12(2)13-6-9-16-19(10-13)35-27(34)17-4-3-5-18(30)21(17)24(32)26(16,27)31-25(33)23-22(28)15-8-7-14(29)11-20(15)36-23/h3-12,34H,30H2,1-2H3,(H,31,33)/t26?,27-/m0/s1. The number of benzene rings is 3. The van der Waals surface area contributed by atoms with Crippen molar-refractivity contribution in [2.45, 2.75) is 31.1 Å². The first-order valence-corrected chi connectivity index (χ1v) is 12.5. The maximum Gasteiger partial charge on any atom is 0.271 e. The molecule has 0 radical (unpaired) electrons. The van der Waals surface area contributed by atoms with Gasteiger partial charge in [0, 0.05) is 26.9 Å². The SMILES string of the molecule is CC(C)c1ccc2c(c1)O[C@@]1(O)c3cccc(N)c3C(=O)C21NC(=O)c1sc2cc(F)ccc2c1Cl. The molecule has 4 aromatic rings. The highest BCUT2D eigenvalue weighted by atomic mass is 35.5. The van der Waals surface area contributed by atoms with Crippen LogP contribution in [0.3, 0.4) is 0 Å². The smallest absolute Gasteiger partial charge is 0.271 e. The molecule has 2 atom stereocenters. The van der Waals surface area contributed by atoms with Crippen molar-refractivity contribution < 1.29 is 23.8 Å². The summed E-state index contributed by atoms with van der Waals surface area (Å²) in [6.07, 6.45) is 0. The topological polar surface area (TPSA) is 102 Å². The molecule has 3 aromatic carbocycles. The van der Waals surface area contributed by atoms with Gasteiger partial charge in [-0.15, -0.1) is 11.3 Å². The van der Waals surface area contributed by atoms with Gasteiger partial charge in [-0.2, -0.15) is 0 Å².